The van der Waals surface area contributed by atoms with Crippen LogP contribution >= 0.6 is 15.9 Å². The monoisotopic (exact) mass is 453 g/mol. The Hall–Kier alpha value is -2.17. The van der Waals surface area contributed by atoms with Crippen molar-refractivity contribution in [1.82, 2.24) is 20.7 Å². The van der Waals surface area contributed by atoms with E-state index in [2.05, 4.69) is 51.2 Å². The minimum atomic E-state index is -3.96. The van der Waals surface area contributed by atoms with E-state index in [1.165, 1.54) is 18.2 Å². The summed E-state index contributed by atoms with van der Waals surface area (Å²) in [7, 11) is -3.96. The van der Waals surface area contributed by atoms with Gasteiger partial charge in [-0.1, -0.05) is 4.89 Å². The fourth-order valence-electron chi connectivity index (χ4n) is 1.62. The topological polar surface area (TPSA) is 177 Å². The van der Waals surface area contributed by atoms with Gasteiger partial charge in [-0.15, -0.1) is 0 Å². The third-order valence-corrected chi connectivity index (χ3v) is 3.59. The molecule has 0 saturated heterocycles. The summed E-state index contributed by atoms with van der Waals surface area (Å²) in [5.74, 6) is -0.512. The van der Waals surface area contributed by atoms with Crippen LogP contribution in [0.2, 0.25) is 0 Å². The second kappa shape index (κ2) is 8.97. The second-order valence-corrected chi connectivity index (χ2v) is 6.65. The summed E-state index contributed by atoms with van der Waals surface area (Å²) < 4.78 is 39.3. The third-order valence-electron chi connectivity index (χ3n) is 2.63. The maximum absolute atomic E-state index is 13.3. The average Bonchev–Trinajstić information content (AvgIpc) is 3.03. The van der Waals surface area contributed by atoms with Crippen LogP contribution in [0, 0.1) is 5.82 Å². The molecule has 142 valence electrons. The first-order valence-corrected chi connectivity index (χ1v) is 9.06. The van der Waals surface area contributed by atoms with Crippen molar-refractivity contribution in [3.63, 3.8) is 0 Å². The maximum Gasteiger partial charge on any atom is 0.296 e. The van der Waals surface area contributed by atoms with Gasteiger partial charge in [0.25, 0.3) is 10.2 Å². The Bertz CT molecular complexity index is 891. The number of halogens is 2. The van der Waals surface area contributed by atoms with Gasteiger partial charge in [0.15, 0.2) is 11.5 Å². The Kier molecular flexibility index (Phi) is 6.95. The molecule has 0 aliphatic rings. The highest BCUT2D eigenvalue weighted by Crippen LogP contribution is 2.23. The molecule has 0 saturated carbocycles. The van der Waals surface area contributed by atoms with Gasteiger partial charge >= 0.3 is 0 Å². The van der Waals surface area contributed by atoms with E-state index in [-0.39, 0.29) is 35.0 Å². The summed E-state index contributed by atoms with van der Waals surface area (Å²) in [4.78, 5) is 10.3. The molecule has 0 atom stereocenters. The first kappa shape index (κ1) is 20.1. The fourth-order valence-corrected chi connectivity index (χ4v) is 2.23. The van der Waals surface area contributed by atoms with E-state index in [1.807, 2.05) is 5.48 Å². The van der Waals surface area contributed by atoms with E-state index < -0.39 is 16.0 Å². The number of nitrogens with one attached hydrogen (secondary N) is 3. The highest BCUT2D eigenvalue weighted by molar-refractivity contribution is 9.10. The van der Waals surface area contributed by atoms with Crippen LogP contribution in [0.1, 0.15) is 5.69 Å². The molecular weight excluding hydrogens is 441 g/mol. The molecular formula is C11H13BrFN7O5S. The third kappa shape index (κ3) is 5.97. The predicted octanol–water partition coefficient (Wildman–Crippen LogP) is 0.165. The van der Waals surface area contributed by atoms with Crippen LogP contribution in [-0.4, -0.2) is 42.9 Å². The molecule has 15 heteroatoms. The predicted molar refractivity (Wildman–Crippen MR) is 90.2 cm³/mol. The standard InChI is InChI=1S/C11H13BrFN7O5S/c12-7-5-6(1-2-8(7)13)16-11(17-21)9-10(19-25-18-9)15-3-4-24-20-26(14,22)23/h1-2,5,20-21H,3-4H2,(H,15,19)(H,16,17)(H2,14,22,23). The van der Waals surface area contributed by atoms with Gasteiger partial charge in [0.05, 0.1) is 16.8 Å². The van der Waals surface area contributed by atoms with E-state index in [0.717, 1.165) is 0 Å². The molecule has 12 nitrogen and oxygen atoms in total. The van der Waals surface area contributed by atoms with Gasteiger partial charge in [-0.3, -0.25) is 15.5 Å². The number of aliphatic imine (C=N–C) groups is 1. The van der Waals surface area contributed by atoms with Gasteiger partial charge in [-0.2, -0.15) is 8.42 Å². The van der Waals surface area contributed by atoms with Crippen molar-refractivity contribution >= 4 is 43.5 Å². The van der Waals surface area contributed by atoms with E-state index in [9.17, 15) is 18.0 Å². The minimum absolute atomic E-state index is 0.0207. The Balaban J connectivity index is 2.06. The number of hydrogen-bond donors (Lipinski definition) is 5. The number of aromatic nitrogens is 2. The molecule has 2 aromatic rings. The van der Waals surface area contributed by atoms with Crippen molar-refractivity contribution in [2.24, 2.45) is 10.1 Å². The first-order chi connectivity index (χ1) is 12.3. The Morgan fingerprint density at radius 2 is 2.23 bits per heavy atom. The summed E-state index contributed by atoms with van der Waals surface area (Å²) in [5.41, 5.74) is 2.18. The smallest absolute Gasteiger partial charge is 0.296 e. The lowest BCUT2D eigenvalue weighted by Gasteiger charge is -2.06. The quantitative estimate of drug-likeness (QED) is 0.161. The lowest BCUT2D eigenvalue weighted by Crippen LogP contribution is -2.32. The van der Waals surface area contributed by atoms with E-state index in [4.69, 9.17) is 0 Å². The molecule has 26 heavy (non-hydrogen) atoms. The van der Waals surface area contributed by atoms with Crippen molar-refractivity contribution < 1.29 is 27.5 Å². The van der Waals surface area contributed by atoms with Gasteiger partial charge < -0.3 is 5.32 Å². The largest absolute Gasteiger partial charge is 0.363 e. The van der Waals surface area contributed by atoms with E-state index in [0.29, 0.717) is 5.69 Å². The SMILES string of the molecule is NS(=O)(=O)NOCCNc1nonc1C(=Nc1ccc(F)c(Br)c1)NO. The molecule has 2 rings (SSSR count). The summed E-state index contributed by atoms with van der Waals surface area (Å²) in [6.07, 6.45) is 0. The van der Waals surface area contributed by atoms with Crippen molar-refractivity contribution in [2.45, 2.75) is 0 Å². The Morgan fingerprint density at radius 3 is 2.88 bits per heavy atom. The molecule has 1 aromatic carbocycles. The van der Waals surface area contributed by atoms with Gasteiger partial charge in [0.2, 0.25) is 5.82 Å². The normalized spacial score (nSPS) is 12.2. The van der Waals surface area contributed by atoms with Crippen LogP contribution in [0.5, 0.6) is 0 Å². The van der Waals surface area contributed by atoms with Crippen LogP contribution in [0.25, 0.3) is 0 Å². The zero-order valence-corrected chi connectivity index (χ0v) is 15.2. The molecule has 1 heterocycles. The molecule has 6 N–H and O–H groups in total. The van der Waals surface area contributed by atoms with Crippen molar-refractivity contribution in [1.29, 1.82) is 0 Å². The highest BCUT2D eigenvalue weighted by Gasteiger charge is 2.16. The number of hydroxylamine groups is 1. The number of anilines is 1. The summed E-state index contributed by atoms with van der Waals surface area (Å²) in [6, 6.07) is 3.96. The highest BCUT2D eigenvalue weighted by atomic mass is 79.9. The number of hydrogen-bond acceptors (Lipinski definition) is 9. The fraction of sp³-hybridized carbons (Fsp3) is 0.182. The molecule has 0 bridgehead atoms. The minimum Gasteiger partial charge on any atom is -0.363 e. The van der Waals surface area contributed by atoms with Gasteiger partial charge in [0, 0.05) is 6.54 Å². The zero-order chi connectivity index (χ0) is 19.2. The molecule has 0 aliphatic heterocycles. The average molecular weight is 454 g/mol. The lowest BCUT2D eigenvalue weighted by atomic mass is 10.3. The Labute approximate surface area is 154 Å². The molecule has 0 radical (unpaired) electrons. The molecule has 0 aliphatic carbocycles. The number of amidine groups is 1. The maximum atomic E-state index is 13.3. The van der Waals surface area contributed by atoms with E-state index >= 15 is 0 Å². The first-order valence-electron chi connectivity index (χ1n) is 6.72. The zero-order valence-electron chi connectivity index (χ0n) is 12.8. The second-order valence-electron chi connectivity index (χ2n) is 4.54. The van der Waals surface area contributed by atoms with Gasteiger partial charge in [-0.05, 0) is 44.4 Å². The number of benzene rings is 1. The summed E-state index contributed by atoms with van der Waals surface area (Å²) in [5, 5.41) is 23.9. The lowest BCUT2D eigenvalue weighted by molar-refractivity contribution is 0.102. The van der Waals surface area contributed by atoms with Crippen LogP contribution in [0.15, 0.2) is 32.3 Å². The van der Waals surface area contributed by atoms with E-state index in [1.54, 1.807) is 4.89 Å². The summed E-state index contributed by atoms with van der Waals surface area (Å²) in [6.45, 7) is -0.0167. The molecule has 0 spiro atoms. The molecule has 0 amide bonds. The molecule has 1 aromatic heterocycles. The van der Waals surface area contributed by atoms with Crippen molar-refractivity contribution in [2.75, 3.05) is 18.5 Å². The van der Waals surface area contributed by atoms with Crippen LogP contribution in [0.4, 0.5) is 15.9 Å². The molecule has 0 unspecified atom stereocenters. The van der Waals surface area contributed by atoms with Gasteiger partial charge in [-0.25, -0.2) is 19.2 Å². The number of nitrogens with two attached hydrogens (primary N) is 1. The van der Waals surface area contributed by atoms with Crippen LogP contribution < -0.4 is 20.8 Å². The van der Waals surface area contributed by atoms with Crippen molar-refractivity contribution in [3.8, 4) is 0 Å². The Morgan fingerprint density at radius 1 is 1.46 bits per heavy atom. The number of rotatable bonds is 8. The number of nitrogens with zero attached hydrogens (tertiary/aromatic N) is 3. The summed E-state index contributed by atoms with van der Waals surface area (Å²) >= 11 is 3.03. The molecule has 0 fully saturated rings. The van der Waals surface area contributed by atoms with Crippen molar-refractivity contribution in [3.05, 3.63) is 34.2 Å². The van der Waals surface area contributed by atoms with Crippen LogP contribution in [-0.2, 0) is 15.0 Å². The van der Waals surface area contributed by atoms with Crippen LogP contribution in [0.3, 0.4) is 0 Å². The van der Waals surface area contributed by atoms with Gasteiger partial charge in [0.1, 0.15) is 5.82 Å².